The van der Waals surface area contributed by atoms with Crippen LogP contribution in [0.15, 0.2) is 78.9 Å². The first-order valence-electron chi connectivity index (χ1n) is 20.8. The highest BCUT2D eigenvalue weighted by molar-refractivity contribution is 5.74. The summed E-state index contributed by atoms with van der Waals surface area (Å²) in [5.74, 6) is 0.444. The number of hydrogen-bond acceptors (Lipinski definition) is 4. The Morgan fingerprint density at radius 2 is 0.725 bits per heavy atom. The molecular weight excluding hydrogens is 629 g/mol. The molecule has 0 aliphatic heterocycles. The Bertz CT molecular complexity index is 1250. The summed E-state index contributed by atoms with van der Waals surface area (Å²) in [7, 11) is 0. The van der Waals surface area contributed by atoms with Crippen LogP contribution in [0.25, 0.3) is 0 Å². The van der Waals surface area contributed by atoms with E-state index < -0.39 is 0 Å². The molecule has 0 bridgehead atoms. The number of esters is 2. The lowest BCUT2D eigenvalue weighted by Crippen LogP contribution is -2.14. The number of carbonyl (C=O) groups excluding carboxylic acids is 2. The second-order valence-corrected chi connectivity index (χ2v) is 14.4. The summed E-state index contributed by atoms with van der Waals surface area (Å²) in [6.45, 7) is 4.52. The predicted molar refractivity (Wildman–Crippen MR) is 214 cm³/mol. The molecule has 0 aliphatic carbocycles. The molecule has 0 saturated heterocycles. The Labute approximate surface area is 311 Å². The molecule has 0 atom stereocenters. The number of para-hydroxylation sites is 2. The van der Waals surface area contributed by atoms with Crippen molar-refractivity contribution in [2.24, 2.45) is 0 Å². The molecule has 0 heterocycles. The van der Waals surface area contributed by atoms with Crippen LogP contribution in [0, 0.1) is 0 Å². The summed E-state index contributed by atoms with van der Waals surface area (Å²) in [6, 6.07) is 25.8. The summed E-state index contributed by atoms with van der Waals surface area (Å²) in [5, 5.41) is 0. The number of carbonyl (C=O) groups is 2. The van der Waals surface area contributed by atoms with Gasteiger partial charge in [-0.2, -0.15) is 0 Å². The van der Waals surface area contributed by atoms with Gasteiger partial charge in [0.05, 0.1) is 0 Å². The van der Waals surface area contributed by atoms with E-state index in [-0.39, 0.29) is 17.9 Å². The molecule has 3 aromatic rings. The molecule has 0 saturated carbocycles. The van der Waals surface area contributed by atoms with Crippen molar-refractivity contribution in [3.8, 4) is 11.5 Å². The van der Waals surface area contributed by atoms with E-state index in [2.05, 4.69) is 26.0 Å². The lowest BCUT2D eigenvalue weighted by Gasteiger charge is -2.23. The first-order chi connectivity index (χ1) is 25.1. The van der Waals surface area contributed by atoms with Gasteiger partial charge in [-0.15, -0.1) is 0 Å². The molecule has 0 aromatic heterocycles. The molecule has 3 rings (SSSR count). The second kappa shape index (κ2) is 27.3. The molecule has 4 heteroatoms. The standard InChI is InChI=1S/C47H68O4/c1-3-5-7-9-11-13-15-17-19-21-26-38-45(48)50-43-36-30-28-34-41(43)47(40-32-24-23-25-33-40)42-35-29-31-37-44(42)51-46(49)39-27-22-20-18-16-14-12-10-8-6-4-2/h23-25,28-37,47H,3-22,26-27,38-39H2,1-2H3. The van der Waals surface area contributed by atoms with Crippen LogP contribution in [0.2, 0.25) is 0 Å². The predicted octanol–water partition coefficient (Wildman–Crippen LogP) is 14.1. The van der Waals surface area contributed by atoms with E-state index >= 15 is 0 Å². The third kappa shape index (κ3) is 17.6. The fraction of sp³-hybridized carbons (Fsp3) is 0.574. The lowest BCUT2D eigenvalue weighted by molar-refractivity contribution is -0.135. The van der Waals surface area contributed by atoms with Crippen molar-refractivity contribution in [3.05, 3.63) is 95.6 Å². The van der Waals surface area contributed by atoms with Gasteiger partial charge in [-0.1, -0.05) is 209 Å². The monoisotopic (exact) mass is 697 g/mol. The zero-order valence-electron chi connectivity index (χ0n) is 32.2. The first kappa shape index (κ1) is 42.0. The number of benzene rings is 3. The molecule has 0 spiro atoms. The quantitative estimate of drug-likeness (QED) is 0.0314. The van der Waals surface area contributed by atoms with Gasteiger partial charge < -0.3 is 9.47 Å². The van der Waals surface area contributed by atoms with E-state index in [1.807, 2.05) is 66.7 Å². The fourth-order valence-electron chi connectivity index (χ4n) is 7.01. The maximum Gasteiger partial charge on any atom is 0.311 e. The van der Waals surface area contributed by atoms with Gasteiger partial charge >= 0.3 is 11.9 Å². The molecule has 0 N–H and O–H groups in total. The Hall–Kier alpha value is -3.40. The minimum absolute atomic E-state index is 0.197. The van der Waals surface area contributed by atoms with Crippen molar-refractivity contribution in [1.29, 1.82) is 0 Å². The van der Waals surface area contributed by atoms with Crippen LogP contribution >= 0.6 is 0 Å². The summed E-state index contributed by atoms with van der Waals surface area (Å²) in [6.07, 6.45) is 28.2. The van der Waals surface area contributed by atoms with Gasteiger partial charge in [0.15, 0.2) is 0 Å². The molecule has 0 aliphatic rings. The van der Waals surface area contributed by atoms with Gasteiger partial charge in [-0.3, -0.25) is 9.59 Å². The van der Waals surface area contributed by atoms with E-state index in [1.165, 1.54) is 116 Å². The van der Waals surface area contributed by atoms with E-state index in [1.54, 1.807) is 0 Å². The van der Waals surface area contributed by atoms with Gasteiger partial charge in [0.2, 0.25) is 0 Å². The third-order valence-corrected chi connectivity index (χ3v) is 10.0. The minimum atomic E-state index is -0.275. The Balaban J connectivity index is 1.54. The van der Waals surface area contributed by atoms with Gasteiger partial charge in [0.1, 0.15) is 11.5 Å². The van der Waals surface area contributed by atoms with Crippen LogP contribution in [-0.4, -0.2) is 11.9 Å². The Morgan fingerprint density at radius 3 is 1.10 bits per heavy atom. The molecule has 4 nitrogen and oxygen atoms in total. The zero-order valence-corrected chi connectivity index (χ0v) is 32.2. The largest absolute Gasteiger partial charge is 0.426 e. The van der Waals surface area contributed by atoms with Crippen molar-refractivity contribution in [2.45, 2.75) is 174 Å². The average Bonchev–Trinajstić information content (AvgIpc) is 3.15. The van der Waals surface area contributed by atoms with Crippen LogP contribution in [-0.2, 0) is 9.59 Å². The Morgan fingerprint density at radius 1 is 0.412 bits per heavy atom. The molecule has 280 valence electrons. The molecule has 0 unspecified atom stereocenters. The van der Waals surface area contributed by atoms with E-state index in [0.717, 1.165) is 42.4 Å². The molecule has 3 aromatic carbocycles. The second-order valence-electron chi connectivity index (χ2n) is 14.4. The maximum atomic E-state index is 13.1. The van der Waals surface area contributed by atoms with Crippen molar-refractivity contribution in [2.75, 3.05) is 0 Å². The highest BCUT2D eigenvalue weighted by Gasteiger charge is 2.25. The highest BCUT2D eigenvalue weighted by Crippen LogP contribution is 2.41. The summed E-state index contributed by atoms with van der Waals surface area (Å²) in [4.78, 5) is 26.2. The molecule has 51 heavy (non-hydrogen) atoms. The smallest absolute Gasteiger partial charge is 0.311 e. The number of hydrogen-bond donors (Lipinski definition) is 0. The van der Waals surface area contributed by atoms with Gasteiger partial charge in [0.25, 0.3) is 0 Å². The summed E-state index contributed by atoms with van der Waals surface area (Å²) < 4.78 is 12.1. The van der Waals surface area contributed by atoms with Crippen molar-refractivity contribution in [1.82, 2.24) is 0 Å². The normalized spacial score (nSPS) is 11.2. The van der Waals surface area contributed by atoms with Crippen LogP contribution in [0.5, 0.6) is 11.5 Å². The van der Waals surface area contributed by atoms with Crippen LogP contribution in [0.4, 0.5) is 0 Å². The van der Waals surface area contributed by atoms with Crippen LogP contribution < -0.4 is 9.47 Å². The lowest BCUT2D eigenvalue weighted by atomic mass is 9.84. The molecular formula is C47H68O4. The van der Waals surface area contributed by atoms with Gasteiger partial charge in [0, 0.05) is 29.9 Å². The first-order valence-corrected chi connectivity index (χ1v) is 20.8. The number of rotatable bonds is 29. The van der Waals surface area contributed by atoms with E-state index in [4.69, 9.17) is 9.47 Å². The van der Waals surface area contributed by atoms with Gasteiger partial charge in [-0.25, -0.2) is 0 Å². The molecule has 0 amide bonds. The molecule has 0 fully saturated rings. The number of ether oxygens (including phenoxy) is 2. The van der Waals surface area contributed by atoms with Crippen molar-refractivity contribution in [3.63, 3.8) is 0 Å². The highest BCUT2D eigenvalue weighted by atomic mass is 16.5. The average molecular weight is 697 g/mol. The van der Waals surface area contributed by atoms with Crippen LogP contribution in [0.3, 0.4) is 0 Å². The SMILES string of the molecule is CCCCCCCCCCCCCC(=O)Oc1ccccc1C(c1ccccc1)c1ccccc1OC(=O)CCCCCCCCCCCCC. The summed E-state index contributed by atoms with van der Waals surface area (Å²) in [5.41, 5.74) is 2.80. The topological polar surface area (TPSA) is 52.6 Å². The third-order valence-electron chi connectivity index (χ3n) is 10.0. The van der Waals surface area contributed by atoms with E-state index in [0.29, 0.717) is 24.3 Å². The van der Waals surface area contributed by atoms with Crippen molar-refractivity contribution >= 4 is 11.9 Å². The fourth-order valence-corrected chi connectivity index (χ4v) is 7.01. The number of unbranched alkanes of at least 4 members (excludes halogenated alkanes) is 20. The van der Waals surface area contributed by atoms with Crippen LogP contribution in [0.1, 0.15) is 191 Å². The van der Waals surface area contributed by atoms with Gasteiger partial charge in [-0.05, 0) is 30.5 Å². The maximum absolute atomic E-state index is 13.1. The zero-order chi connectivity index (χ0) is 36.2. The van der Waals surface area contributed by atoms with E-state index in [9.17, 15) is 9.59 Å². The Kier molecular flexibility index (Phi) is 22.5. The van der Waals surface area contributed by atoms with Crippen molar-refractivity contribution < 1.29 is 19.1 Å². The molecule has 0 radical (unpaired) electrons. The summed E-state index contributed by atoms with van der Waals surface area (Å²) >= 11 is 0. The minimum Gasteiger partial charge on any atom is -0.426 e.